The summed E-state index contributed by atoms with van der Waals surface area (Å²) in [6.45, 7) is 3.19. The van der Waals surface area contributed by atoms with Gasteiger partial charge >= 0.3 is 0 Å². The molecule has 3 heterocycles. The van der Waals surface area contributed by atoms with Crippen LogP contribution in [-0.2, 0) is 21.4 Å². The van der Waals surface area contributed by atoms with E-state index in [1.807, 2.05) is 11.8 Å². The van der Waals surface area contributed by atoms with E-state index in [0.717, 1.165) is 30.2 Å². The summed E-state index contributed by atoms with van der Waals surface area (Å²) < 4.78 is 27.1. The van der Waals surface area contributed by atoms with Gasteiger partial charge in [0.15, 0.2) is 0 Å². The fraction of sp³-hybridized carbons (Fsp3) is 0.455. The Labute approximate surface area is 198 Å². The maximum absolute atomic E-state index is 12.8. The van der Waals surface area contributed by atoms with Crippen LogP contribution in [0, 0.1) is 5.92 Å². The van der Waals surface area contributed by atoms with E-state index in [4.69, 9.17) is 11.6 Å². The van der Waals surface area contributed by atoms with Crippen LogP contribution in [0.3, 0.4) is 0 Å². The lowest BCUT2D eigenvalue weighted by atomic mass is 9.97. The molecule has 172 valence electrons. The molecule has 2 aromatic rings. The van der Waals surface area contributed by atoms with Crippen molar-refractivity contribution in [3.63, 3.8) is 0 Å². The molecule has 2 fully saturated rings. The zero-order valence-electron chi connectivity index (χ0n) is 17.7. The standard InChI is InChI=1S/C22H27ClN4O3S2/c23-21-20(2-1-9-24-21)32(29,30)27-10-7-18(8-11-27)22(28)25-16-17-3-5-19(6-4-17)26-12-14-31-15-13-26/h1-6,9,18H,7-8,10-16H2,(H,25,28). The van der Waals surface area contributed by atoms with E-state index in [1.165, 1.54) is 22.3 Å². The van der Waals surface area contributed by atoms with Gasteiger partial charge in [-0.05, 0) is 42.7 Å². The second-order valence-corrected chi connectivity index (χ2v) is 11.4. The molecule has 0 radical (unpaired) electrons. The molecule has 0 atom stereocenters. The van der Waals surface area contributed by atoms with E-state index < -0.39 is 10.0 Å². The van der Waals surface area contributed by atoms with Gasteiger partial charge in [0.25, 0.3) is 0 Å². The lowest BCUT2D eigenvalue weighted by molar-refractivity contribution is -0.126. The minimum Gasteiger partial charge on any atom is -0.370 e. The average Bonchev–Trinajstić information content (AvgIpc) is 2.83. The number of anilines is 1. The van der Waals surface area contributed by atoms with E-state index in [9.17, 15) is 13.2 Å². The van der Waals surface area contributed by atoms with Crippen molar-refractivity contribution in [2.75, 3.05) is 42.6 Å². The molecule has 2 aliphatic heterocycles. The van der Waals surface area contributed by atoms with Crippen molar-refractivity contribution in [1.29, 1.82) is 0 Å². The van der Waals surface area contributed by atoms with Gasteiger partial charge in [0, 0.05) is 62.0 Å². The number of piperidine rings is 1. The first-order chi connectivity index (χ1) is 15.4. The topological polar surface area (TPSA) is 82.6 Å². The summed E-state index contributed by atoms with van der Waals surface area (Å²) in [5, 5.41) is 2.98. The second kappa shape index (κ2) is 10.4. The Kier molecular flexibility index (Phi) is 7.60. The SMILES string of the molecule is O=C(NCc1ccc(N2CCSCC2)cc1)C1CCN(S(=O)(=O)c2cccnc2Cl)CC1. The van der Waals surface area contributed by atoms with E-state index in [2.05, 4.69) is 39.5 Å². The maximum Gasteiger partial charge on any atom is 0.246 e. The molecule has 0 saturated carbocycles. The van der Waals surface area contributed by atoms with Gasteiger partial charge < -0.3 is 10.2 Å². The predicted octanol–water partition coefficient (Wildman–Crippen LogP) is 3.01. The van der Waals surface area contributed by atoms with Gasteiger partial charge in [0.05, 0.1) is 0 Å². The zero-order valence-corrected chi connectivity index (χ0v) is 20.1. The summed E-state index contributed by atoms with van der Waals surface area (Å²) in [6, 6.07) is 11.4. The van der Waals surface area contributed by atoms with Crippen LogP contribution in [0.25, 0.3) is 0 Å². The van der Waals surface area contributed by atoms with E-state index >= 15 is 0 Å². The molecule has 1 N–H and O–H groups in total. The number of thioether (sulfide) groups is 1. The first kappa shape index (κ1) is 23.4. The number of hydrogen-bond donors (Lipinski definition) is 1. The van der Waals surface area contributed by atoms with Gasteiger partial charge in [-0.25, -0.2) is 13.4 Å². The van der Waals surface area contributed by atoms with E-state index in [1.54, 1.807) is 6.07 Å². The van der Waals surface area contributed by atoms with Crippen LogP contribution in [0.15, 0.2) is 47.5 Å². The average molecular weight is 495 g/mol. The number of hydrogen-bond acceptors (Lipinski definition) is 6. The minimum atomic E-state index is -3.71. The highest BCUT2D eigenvalue weighted by molar-refractivity contribution is 7.99. The Hall–Kier alpha value is -1.81. The van der Waals surface area contributed by atoms with Gasteiger partial charge in [-0.1, -0.05) is 23.7 Å². The van der Waals surface area contributed by atoms with Gasteiger partial charge in [-0.15, -0.1) is 0 Å². The number of nitrogens with one attached hydrogen (secondary N) is 1. The number of rotatable bonds is 6. The molecule has 32 heavy (non-hydrogen) atoms. The van der Waals surface area contributed by atoms with Crippen molar-refractivity contribution in [3.05, 3.63) is 53.3 Å². The summed E-state index contributed by atoms with van der Waals surface area (Å²) >= 11 is 7.96. The van der Waals surface area contributed by atoms with Crippen LogP contribution in [0.1, 0.15) is 18.4 Å². The molecule has 0 aliphatic carbocycles. The van der Waals surface area contributed by atoms with Crippen LogP contribution in [0.2, 0.25) is 5.15 Å². The Morgan fingerprint density at radius 1 is 1.09 bits per heavy atom. The number of aromatic nitrogens is 1. The normalized spacial score (nSPS) is 18.5. The van der Waals surface area contributed by atoms with Crippen molar-refractivity contribution in [2.24, 2.45) is 5.92 Å². The maximum atomic E-state index is 12.8. The highest BCUT2D eigenvalue weighted by Gasteiger charge is 2.33. The number of benzene rings is 1. The number of carbonyl (C=O) groups excluding carboxylic acids is 1. The molecular formula is C22H27ClN4O3S2. The van der Waals surface area contributed by atoms with Crippen LogP contribution in [0.5, 0.6) is 0 Å². The number of halogens is 1. The van der Waals surface area contributed by atoms with Crippen molar-refractivity contribution < 1.29 is 13.2 Å². The zero-order chi connectivity index (χ0) is 22.6. The fourth-order valence-electron chi connectivity index (χ4n) is 4.04. The van der Waals surface area contributed by atoms with Crippen LogP contribution in [0.4, 0.5) is 5.69 Å². The first-order valence-electron chi connectivity index (χ1n) is 10.7. The molecule has 1 aromatic heterocycles. The highest BCUT2D eigenvalue weighted by Crippen LogP contribution is 2.27. The lowest BCUT2D eigenvalue weighted by Crippen LogP contribution is -2.43. The predicted molar refractivity (Wildman–Crippen MR) is 129 cm³/mol. The Bertz CT molecular complexity index is 1040. The van der Waals surface area contributed by atoms with Gasteiger partial charge in [0.1, 0.15) is 10.0 Å². The smallest absolute Gasteiger partial charge is 0.246 e. The fourth-order valence-corrected chi connectivity index (χ4v) is 6.84. The summed E-state index contributed by atoms with van der Waals surface area (Å²) in [6.07, 6.45) is 2.42. The van der Waals surface area contributed by atoms with Crippen LogP contribution in [-0.4, -0.2) is 61.3 Å². The Morgan fingerprint density at radius 2 is 1.78 bits per heavy atom. The molecule has 1 amide bonds. The van der Waals surface area contributed by atoms with Crippen molar-refractivity contribution in [3.8, 4) is 0 Å². The first-order valence-corrected chi connectivity index (χ1v) is 13.7. The van der Waals surface area contributed by atoms with Gasteiger partial charge in [-0.2, -0.15) is 16.1 Å². The number of nitrogens with zero attached hydrogens (tertiary/aromatic N) is 3. The number of amides is 1. The number of carbonyl (C=O) groups is 1. The third-order valence-corrected chi connectivity index (χ3v) is 9.23. The van der Waals surface area contributed by atoms with Gasteiger partial charge in [-0.3, -0.25) is 4.79 Å². The van der Waals surface area contributed by atoms with Crippen LogP contribution < -0.4 is 10.2 Å². The second-order valence-electron chi connectivity index (χ2n) is 7.95. The summed E-state index contributed by atoms with van der Waals surface area (Å²) in [5.41, 5.74) is 2.28. The molecule has 0 unspecified atom stereocenters. The van der Waals surface area contributed by atoms with E-state index in [-0.39, 0.29) is 35.0 Å². The molecule has 2 saturated heterocycles. The molecule has 4 rings (SSSR count). The number of sulfonamides is 1. The number of pyridine rings is 1. The molecule has 7 nitrogen and oxygen atoms in total. The van der Waals surface area contributed by atoms with Crippen molar-refractivity contribution in [1.82, 2.24) is 14.6 Å². The monoisotopic (exact) mass is 494 g/mol. The third kappa shape index (κ3) is 5.39. The van der Waals surface area contributed by atoms with Gasteiger partial charge in [0.2, 0.25) is 15.9 Å². The van der Waals surface area contributed by atoms with Crippen molar-refractivity contribution >= 4 is 45.0 Å². The largest absolute Gasteiger partial charge is 0.370 e. The quantitative estimate of drug-likeness (QED) is 0.621. The third-order valence-electron chi connectivity index (χ3n) is 5.95. The molecular weight excluding hydrogens is 468 g/mol. The van der Waals surface area contributed by atoms with Crippen molar-refractivity contribution in [2.45, 2.75) is 24.3 Å². The minimum absolute atomic E-state index is 0.0105. The summed E-state index contributed by atoms with van der Waals surface area (Å²) in [4.78, 5) is 18.9. The summed E-state index contributed by atoms with van der Waals surface area (Å²) in [5.74, 6) is 2.09. The molecule has 10 heteroatoms. The molecule has 2 aliphatic rings. The van der Waals surface area contributed by atoms with E-state index in [0.29, 0.717) is 19.4 Å². The summed E-state index contributed by atoms with van der Waals surface area (Å²) in [7, 11) is -3.71. The Morgan fingerprint density at radius 3 is 2.44 bits per heavy atom. The molecule has 1 aromatic carbocycles. The molecule has 0 bridgehead atoms. The highest BCUT2D eigenvalue weighted by atomic mass is 35.5. The van der Waals surface area contributed by atoms with Crippen LogP contribution >= 0.6 is 23.4 Å². The molecule has 0 spiro atoms. The Balaban J connectivity index is 1.27. The lowest BCUT2D eigenvalue weighted by Gasteiger charge is -2.30.